The first kappa shape index (κ1) is 14.3. The summed E-state index contributed by atoms with van der Waals surface area (Å²) >= 11 is 3.82. The van der Waals surface area contributed by atoms with Gasteiger partial charge in [-0.15, -0.1) is 22.7 Å². The maximum atomic E-state index is 3.82. The Bertz CT molecular complexity index is 555. The van der Waals surface area contributed by atoms with Crippen molar-refractivity contribution < 1.29 is 0 Å². The lowest BCUT2D eigenvalue weighted by Crippen LogP contribution is -2.29. The second kappa shape index (κ2) is 6.42. The zero-order valence-electron chi connectivity index (χ0n) is 12.3. The number of rotatable bonds is 5. The second-order valence-corrected chi connectivity index (χ2v) is 7.78. The van der Waals surface area contributed by atoms with Crippen LogP contribution in [0.4, 0.5) is 0 Å². The number of nitrogens with one attached hydrogen (secondary N) is 1. The van der Waals surface area contributed by atoms with E-state index in [1.165, 1.54) is 36.1 Å². The Kier molecular flexibility index (Phi) is 4.59. The second-order valence-electron chi connectivity index (χ2n) is 5.66. The highest BCUT2D eigenvalue weighted by Crippen LogP contribution is 2.43. The van der Waals surface area contributed by atoms with Crippen molar-refractivity contribution in [1.29, 1.82) is 0 Å². The molecule has 2 aromatic rings. The average molecular weight is 306 g/mol. The summed E-state index contributed by atoms with van der Waals surface area (Å²) in [6, 6.07) is 5.19. The van der Waals surface area contributed by atoms with Gasteiger partial charge in [0.1, 0.15) is 0 Å². The van der Waals surface area contributed by atoms with Crippen LogP contribution in [0.15, 0.2) is 22.9 Å². The topological polar surface area (TPSA) is 12.0 Å². The SMILES string of the molecule is CCCNC(c1ccsc1C)C1CCCc2sccc21. The van der Waals surface area contributed by atoms with E-state index in [1.54, 1.807) is 10.4 Å². The van der Waals surface area contributed by atoms with E-state index in [9.17, 15) is 0 Å². The Hall–Kier alpha value is -0.640. The number of hydrogen-bond donors (Lipinski definition) is 1. The number of fused-ring (bicyclic) bond motifs is 1. The van der Waals surface area contributed by atoms with Crippen molar-refractivity contribution in [3.8, 4) is 0 Å². The molecule has 1 N–H and O–H groups in total. The lowest BCUT2D eigenvalue weighted by atomic mass is 9.80. The van der Waals surface area contributed by atoms with Crippen molar-refractivity contribution in [2.75, 3.05) is 6.54 Å². The van der Waals surface area contributed by atoms with Crippen LogP contribution in [0.3, 0.4) is 0 Å². The molecule has 1 aliphatic carbocycles. The van der Waals surface area contributed by atoms with Crippen LogP contribution in [-0.4, -0.2) is 6.54 Å². The fourth-order valence-electron chi connectivity index (χ4n) is 3.35. The van der Waals surface area contributed by atoms with Gasteiger partial charge in [-0.2, -0.15) is 0 Å². The molecule has 0 saturated carbocycles. The van der Waals surface area contributed by atoms with Crippen molar-refractivity contribution in [2.45, 2.75) is 51.5 Å². The van der Waals surface area contributed by atoms with Crippen molar-refractivity contribution in [2.24, 2.45) is 0 Å². The molecule has 1 aliphatic rings. The van der Waals surface area contributed by atoms with E-state index in [4.69, 9.17) is 0 Å². The maximum absolute atomic E-state index is 3.82. The molecule has 2 aromatic heterocycles. The molecule has 3 rings (SSSR count). The van der Waals surface area contributed by atoms with Crippen LogP contribution in [0.25, 0.3) is 0 Å². The van der Waals surface area contributed by atoms with Gasteiger partial charge < -0.3 is 5.32 Å². The van der Waals surface area contributed by atoms with Crippen LogP contribution in [0.1, 0.15) is 59.0 Å². The van der Waals surface area contributed by atoms with Gasteiger partial charge in [-0.25, -0.2) is 0 Å². The third-order valence-electron chi connectivity index (χ3n) is 4.35. The highest BCUT2D eigenvalue weighted by atomic mass is 32.1. The molecule has 0 aliphatic heterocycles. The van der Waals surface area contributed by atoms with E-state index in [0.29, 0.717) is 12.0 Å². The minimum atomic E-state index is 0.495. The largest absolute Gasteiger partial charge is 0.309 e. The summed E-state index contributed by atoms with van der Waals surface area (Å²) in [5, 5.41) is 8.34. The molecular weight excluding hydrogens is 282 g/mol. The van der Waals surface area contributed by atoms with Crippen LogP contribution in [0.5, 0.6) is 0 Å². The summed E-state index contributed by atoms with van der Waals surface area (Å²) in [6.07, 6.45) is 5.14. The highest BCUT2D eigenvalue weighted by Gasteiger charge is 2.30. The van der Waals surface area contributed by atoms with E-state index in [-0.39, 0.29) is 0 Å². The molecule has 0 amide bonds. The molecule has 0 aromatic carbocycles. The van der Waals surface area contributed by atoms with Gasteiger partial charge in [0.05, 0.1) is 0 Å². The summed E-state index contributed by atoms with van der Waals surface area (Å²) < 4.78 is 0. The van der Waals surface area contributed by atoms with Crippen molar-refractivity contribution in [3.05, 3.63) is 43.8 Å². The van der Waals surface area contributed by atoms with Crippen LogP contribution >= 0.6 is 22.7 Å². The molecule has 1 nitrogen and oxygen atoms in total. The number of hydrogen-bond acceptors (Lipinski definition) is 3. The fraction of sp³-hybridized carbons (Fsp3) is 0.529. The summed E-state index contributed by atoms with van der Waals surface area (Å²) in [5.41, 5.74) is 3.13. The van der Waals surface area contributed by atoms with Crippen LogP contribution in [-0.2, 0) is 6.42 Å². The Morgan fingerprint density at radius 1 is 1.30 bits per heavy atom. The maximum Gasteiger partial charge on any atom is 0.0400 e. The van der Waals surface area contributed by atoms with Crippen LogP contribution in [0.2, 0.25) is 0 Å². The third kappa shape index (κ3) is 2.72. The van der Waals surface area contributed by atoms with E-state index < -0.39 is 0 Å². The molecular formula is C17H23NS2. The fourth-order valence-corrected chi connectivity index (χ4v) is 5.10. The quantitative estimate of drug-likeness (QED) is 0.792. The van der Waals surface area contributed by atoms with Crippen LogP contribution < -0.4 is 5.32 Å². The molecule has 0 fully saturated rings. The predicted octanol–water partition coefficient (Wildman–Crippen LogP) is 5.28. The number of aryl methyl sites for hydroxylation is 2. The van der Waals surface area contributed by atoms with Gasteiger partial charge >= 0.3 is 0 Å². The minimum absolute atomic E-state index is 0.495. The molecule has 0 radical (unpaired) electrons. The zero-order chi connectivity index (χ0) is 13.9. The van der Waals surface area contributed by atoms with Gasteiger partial charge in [-0.1, -0.05) is 6.92 Å². The summed E-state index contributed by atoms with van der Waals surface area (Å²) in [4.78, 5) is 3.10. The van der Waals surface area contributed by atoms with Gasteiger partial charge in [-0.3, -0.25) is 0 Å². The summed E-state index contributed by atoms with van der Waals surface area (Å²) in [5.74, 6) is 0.657. The molecule has 20 heavy (non-hydrogen) atoms. The van der Waals surface area contributed by atoms with E-state index in [0.717, 1.165) is 6.54 Å². The highest BCUT2D eigenvalue weighted by molar-refractivity contribution is 7.10. The van der Waals surface area contributed by atoms with E-state index in [2.05, 4.69) is 42.1 Å². The van der Waals surface area contributed by atoms with E-state index >= 15 is 0 Å². The average Bonchev–Trinajstić information content (AvgIpc) is 3.09. The Morgan fingerprint density at radius 3 is 2.90 bits per heavy atom. The first-order chi connectivity index (χ1) is 9.81. The standard InChI is InChI=1S/C17H23NS2/c1-3-9-18-17(13-7-10-19-12(13)2)15-5-4-6-16-14(15)8-11-20-16/h7-8,10-11,15,17-18H,3-6,9H2,1-2H3. The molecule has 0 spiro atoms. The normalized spacial score (nSPS) is 19.8. The van der Waals surface area contributed by atoms with Crippen LogP contribution in [0, 0.1) is 6.92 Å². The lowest BCUT2D eigenvalue weighted by molar-refractivity contribution is 0.404. The Balaban J connectivity index is 1.93. The van der Waals surface area contributed by atoms with Gasteiger partial charge in [0.15, 0.2) is 0 Å². The molecule has 0 bridgehead atoms. The van der Waals surface area contributed by atoms with Crippen molar-refractivity contribution in [1.82, 2.24) is 5.32 Å². The Labute approximate surface area is 130 Å². The first-order valence-corrected chi connectivity index (χ1v) is 9.40. The van der Waals surface area contributed by atoms with Gasteiger partial charge in [-0.05, 0) is 73.2 Å². The molecule has 2 unspecified atom stereocenters. The van der Waals surface area contributed by atoms with Gasteiger partial charge in [0.25, 0.3) is 0 Å². The zero-order valence-corrected chi connectivity index (χ0v) is 13.9. The molecule has 108 valence electrons. The molecule has 2 atom stereocenters. The number of thiophene rings is 2. The summed E-state index contributed by atoms with van der Waals surface area (Å²) in [7, 11) is 0. The molecule has 2 heterocycles. The molecule has 0 saturated heterocycles. The van der Waals surface area contributed by atoms with Crippen molar-refractivity contribution >= 4 is 22.7 Å². The smallest absolute Gasteiger partial charge is 0.0400 e. The monoisotopic (exact) mass is 305 g/mol. The lowest BCUT2D eigenvalue weighted by Gasteiger charge is -2.32. The summed E-state index contributed by atoms with van der Waals surface area (Å²) in [6.45, 7) is 5.62. The first-order valence-electron chi connectivity index (χ1n) is 7.65. The van der Waals surface area contributed by atoms with Gasteiger partial charge in [0, 0.05) is 21.7 Å². The Morgan fingerprint density at radius 2 is 2.15 bits per heavy atom. The van der Waals surface area contributed by atoms with E-state index in [1.807, 2.05) is 22.7 Å². The van der Waals surface area contributed by atoms with Gasteiger partial charge in [0.2, 0.25) is 0 Å². The predicted molar refractivity (Wildman–Crippen MR) is 90.1 cm³/mol. The third-order valence-corrected chi connectivity index (χ3v) is 6.21. The minimum Gasteiger partial charge on any atom is -0.309 e. The van der Waals surface area contributed by atoms with Crippen molar-refractivity contribution in [3.63, 3.8) is 0 Å². The molecule has 3 heteroatoms.